The van der Waals surface area contributed by atoms with Crippen LogP contribution in [-0.2, 0) is 9.47 Å². The van der Waals surface area contributed by atoms with Crippen molar-refractivity contribution in [2.75, 3.05) is 19.7 Å². The molecule has 3 aliphatic rings. The number of hydrogen-bond donors (Lipinski definition) is 1. The summed E-state index contributed by atoms with van der Waals surface area (Å²) in [5, 5.41) is 3.34. The van der Waals surface area contributed by atoms with Crippen molar-refractivity contribution in [2.45, 2.75) is 37.6 Å². The molecule has 0 aromatic carbocycles. The van der Waals surface area contributed by atoms with Crippen LogP contribution in [0.1, 0.15) is 25.7 Å². The second-order valence-corrected chi connectivity index (χ2v) is 4.47. The van der Waals surface area contributed by atoms with Gasteiger partial charge in [-0.1, -0.05) is 0 Å². The van der Waals surface area contributed by atoms with Crippen LogP contribution in [0.25, 0.3) is 0 Å². The van der Waals surface area contributed by atoms with Crippen molar-refractivity contribution in [3.8, 4) is 0 Å². The van der Waals surface area contributed by atoms with E-state index in [-0.39, 0.29) is 5.79 Å². The molecular formula is C10H17NO2. The summed E-state index contributed by atoms with van der Waals surface area (Å²) >= 11 is 0. The van der Waals surface area contributed by atoms with E-state index < -0.39 is 0 Å². The molecule has 0 aromatic rings. The lowest BCUT2D eigenvalue weighted by atomic mass is 10.1. The van der Waals surface area contributed by atoms with E-state index in [9.17, 15) is 0 Å². The normalized spacial score (nSPS) is 38.3. The molecule has 1 N–H and O–H groups in total. The first-order valence-corrected chi connectivity index (χ1v) is 5.40. The molecule has 0 bridgehead atoms. The topological polar surface area (TPSA) is 30.5 Å². The Morgan fingerprint density at radius 3 is 2.62 bits per heavy atom. The molecule has 0 amide bonds. The Bertz CT molecular complexity index is 197. The van der Waals surface area contributed by atoms with Crippen LogP contribution >= 0.6 is 0 Å². The molecule has 13 heavy (non-hydrogen) atoms. The second-order valence-electron chi connectivity index (χ2n) is 4.47. The lowest BCUT2D eigenvalue weighted by Crippen LogP contribution is -2.43. The average Bonchev–Trinajstić information content (AvgIpc) is 2.93. The van der Waals surface area contributed by atoms with Gasteiger partial charge < -0.3 is 14.8 Å². The van der Waals surface area contributed by atoms with Gasteiger partial charge in [0.2, 0.25) is 0 Å². The molecule has 3 fully saturated rings. The molecule has 2 aliphatic heterocycles. The predicted molar refractivity (Wildman–Crippen MR) is 48.4 cm³/mol. The molecule has 3 nitrogen and oxygen atoms in total. The number of hydrogen-bond acceptors (Lipinski definition) is 3. The van der Waals surface area contributed by atoms with E-state index in [0.29, 0.717) is 6.10 Å². The van der Waals surface area contributed by atoms with Crippen molar-refractivity contribution in [1.29, 1.82) is 0 Å². The fourth-order valence-electron chi connectivity index (χ4n) is 2.35. The maximum atomic E-state index is 6.05. The Hall–Kier alpha value is -0.120. The van der Waals surface area contributed by atoms with Gasteiger partial charge in [-0.3, -0.25) is 0 Å². The zero-order valence-corrected chi connectivity index (χ0v) is 7.92. The van der Waals surface area contributed by atoms with Gasteiger partial charge in [-0.15, -0.1) is 0 Å². The minimum absolute atomic E-state index is 0.196. The third kappa shape index (κ3) is 1.49. The zero-order chi connectivity index (χ0) is 8.73. The van der Waals surface area contributed by atoms with E-state index in [4.69, 9.17) is 9.47 Å². The zero-order valence-electron chi connectivity index (χ0n) is 7.92. The van der Waals surface area contributed by atoms with Crippen LogP contribution in [0.3, 0.4) is 0 Å². The maximum absolute atomic E-state index is 6.05. The van der Waals surface area contributed by atoms with Gasteiger partial charge in [0.05, 0.1) is 12.7 Å². The Morgan fingerprint density at radius 1 is 1.15 bits per heavy atom. The highest BCUT2D eigenvalue weighted by atomic mass is 16.7. The van der Waals surface area contributed by atoms with Crippen molar-refractivity contribution in [1.82, 2.24) is 5.32 Å². The van der Waals surface area contributed by atoms with Crippen LogP contribution in [0.2, 0.25) is 0 Å². The molecule has 3 rings (SSSR count). The summed E-state index contributed by atoms with van der Waals surface area (Å²) < 4.78 is 11.9. The van der Waals surface area contributed by atoms with Gasteiger partial charge in [0.15, 0.2) is 5.79 Å². The van der Waals surface area contributed by atoms with Crippen LogP contribution in [0.15, 0.2) is 0 Å². The first kappa shape index (κ1) is 8.21. The molecule has 3 heteroatoms. The van der Waals surface area contributed by atoms with Crippen LogP contribution in [0.4, 0.5) is 0 Å². The van der Waals surface area contributed by atoms with Crippen LogP contribution in [0.5, 0.6) is 0 Å². The monoisotopic (exact) mass is 183 g/mol. The molecule has 1 saturated carbocycles. The summed E-state index contributed by atoms with van der Waals surface area (Å²) in [6, 6.07) is 0. The van der Waals surface area contributed by atoms with Crippen molar-refractivity contribution >= 4 is 0 Å². The minimum Gasteiger partial charge on any atom is -0.347 e. The van der Waals surface area contributed by atoms with Gasteiger partial charge in [0.25, 0.3) is 0 Å². The van der Waals surface area contributed by atoms with Crippen molar-refractivity contribution in [3.63, 3.8) is 0 Å². The van der Waals surface area contributed by atoms with Crippen LogP contribution in [-0.4, -0.2) is 31.6 Å². The van der Waals surface area contributed by atoms with Gasteiger partial charge in [0.1, 0.15) is 0 Å². The predicted octanol–water partition coefficient (Wildman–Crippen LogP) is 0.891. The Balaban J connectivity index is 1.64. The summed E-state index contributed by atoms with van der Waals surface area (Å²) in [4.78, 5) is 0. The molecule has 1 unspecified atom stereocenters. The SMILES string of the molecule is C1CC2(CCN1)OCC(C1CC1)O2. The summed E-state index contributed by atoms with van der Waals surface area (Å²) in [5.41, 5.74) is 0. The highest BCUT2D eigenvalue weighted by Gasteiger charge is 2.47. The van der Waals surface area contributed by atoms with Gasteiger partial charge in [-0.25, -0.2) is 0 Å². The molecule has 1 aliphatic carbocycles. The van der Waals surface area contributed by atoms with E-state index in [2.05, 4.69) is 5.32 Å². The fourth-order valence-corrected chi connectivity index (χ4v) is 2.35. The number of rotatable bonds is 1. The molecule has 2 saturated heterocycles. The number of piperidine rings is 1. The third-order valence-corrected chi connectivity index (χ3v) is 3.39. The molecule has 2 heterocycles. The molecule has 0 radical (unpaired) electrons. The molecule has 1 spiro atoms. The standard InChI is InChI=1S/C10H17NO2/c1-2-8(1)9-7-12-10(13-9)3-5-11-6-4-10/h8-9,11H,1-7H2. The quantitative estimate of drug-likeness (QED) is 0.655. The second kappa shape index (κ2) is 2.94. The largest absolute Gasteiger partial charge is 0.347 e. The number of ether oxygens (including phenoxy) is 2. The molecule has 0 aromatic heterocycles. The molecule has 74 valence electrons. The first-order chi connectivity index (χ1) is 6.38. The van der Waals surface area contributed by atoms with Crippen LogP contribution < -0.4 is 5.32 Å². The lowest BCUT2D eigenvalue weighted by molar-refractivity contribution is -0.184. The summed E-state index contributed by atoms with van der Waals surface area (Å²) in [6.45, 7) is 2.92. The van der Waals surface area contributed by atoms with Gasteiger partial charge in [0, 0.05) is 25.9 Å². The van der Waals surface area contributed by atoms with E-state index in [1.807, 2.05) is 0 Å². The summed E-state index contributed by atoms with van der Waals surface area (Å²) in [7, 11) is 0. The maximum Gasteiger partial charge on any atom is 0.171 e. The Kier molecular flexibility index (Phi) is 1.86. The highest BCUT2D eigenvalue weighted by molar-refractivity contribution is 4.90. The Labute approximate surface area is 78.8 Å². The molecule has 1 atom stereocenters. The van der Waals surface area contributed by atoms with Gasteiger partial charge >= 0.3 is 0 Å². The smallest absolute Gasteiger partial charge is 0.171 e. The van der Waals surface area contributed by atoms with Crippen LogP contribution in [0, 0.1) is 5.92 Å². The van der Waals surface area contributed by atoms with Crippen molar-refractivity contribution in [3.05, 3.63) is 0 Å². The summed E-state index contributed by atoms with van der Waals surface area (Å²) in [5.74, 6) is 0.618. The molecular weight excluding hydrogens is 166 g/mol. The van der Waals surface area contributed by atoms with Gasteiger partial charge in [-0.2, -0.15) is 0 Å². The Morgan fingerprint density at radius 2 is 1.92 bits per heavy atom. The number of nitrogens with one attached hydrogen (secondary N) is 1. The lowest BCUT2D eigenvalue weighted by Gasteiger charge is -2.32. The van der Waals surface area contributed by atoms with Gasteiger partial charge in [-0.05, 0) is 18.8 Å². The summed E-state index contributed by atoms with van der Waals surface area (Å²) in [6.07, 6.45) is 5.16. The third-order valence-electron chi connectivity index (χ3n) is 3.39. The van der Waals surface area contributed by atoms with Crippen molar-refractivity contribution < 1.29 is 9.47 Å². The van der Waals surface area contributed by atoms with E-state index in [0.717, 1.165) is 38.5 Å². The average molecular weight is 183 g/mol. The van der Waals surface area contributed by atoms with Crippen molar-refractivity contribution in [2.24, 2.45) is 5.92 Å². The van der Waals surface area contributed by atoms with E-state index in [1.54, 1.807) is 0 Å². The van der Waals surface area contributed by atoms with E-state index >= 15 is 0 Å². The minimum atomic E-state index is -0.196. The van der Waals surface area contributed by atoms with E-state index in [1.165, 1.54) is 12.8 Å². The fraction of sp³-hybridized carbons (Fsp3) is 1.00. The highest BCUT2D eigenvalue weighted by Crippen LogP contribution is 2.42. The first-order valence-electron chi connectivity index (χ1n) is 5.40.